The van der Waals surface area contributed by atoms with Crippen LogP contribution in [0.5, 0.6) is 11.5 Å². The zero-order valence-electron chi connectivity index (χ0n) is 13.2. The predicted molar refractivity (Wildman–Crippen MR) is 90.1 cm³/mol. The van der Waals surface area contributed by atoms with Crippen molar-refractivity contribution in [2.24, 2.45) is 0 Å². The Morgan fingerprint density at radius 2 is 1.38 bits per heavy atom. The van der Waals surface area contributed by atoms with E-state index in [2.05, 4.69) is 0 Å². The molecule has 3 aromatic rings. The number of hydrogen-bond acceptors (Lipinski definition) is 3. The average molecular weight is 359 g/mol. The van der Waals surface area contributed by atoms with Crippen molar-refractivity contribution in [1.82, 2.24) is 0 Å². The van der Waals surface area contributed by atoms with Crippen LogP contribution in [0, 0.1) is 10.1 Å². The molecule has 0 saturated heterocycles. The van der Waals surface area contributed by atoms with Crippen LogP contribution in [0.4, 0.5) is 18.9 Å². The van der Waals surface area contributed by atoms with Crippen LogP contribution in [0.25, 0.3) is 11.1 Å². The summed E-state index contributed by atoms with van der Waals surface area (Å²) >= 11 is 0. The van der Waals surface area contributed by atoms with Crippen molar-refractivity contribution in [3.8, 4) is 22.6 Å². The first-order valence-corrected chi connectivity index (χ1v) is 7.53. The fraction of sp³-hybridized carbons (Fsp3) is 0.0526. The topological polar surface area (TPSA) is 52.4 Å². The predicted octanol–water partition coefficient (Wildman–Crippen LogP) is 6.07. The molecule has 0 radical (unpaired) electrons. The molecule has 0 fully saturated rings. The van der Waals surface area contributed by atoms with Crippen LogP contribution in [-0.4, -0.2) is 4.92 Å². The molecule has 3 aromatic carbocycles. The summed E-state index contributed by atoms with van der Waals surface area (Å²) in [5, 5.41) is 10.8. The molecule has 0 unspecified atom stereocenters. The number of nitro groups is 1. The van der Waals surface area contributed by atoms with Gasteiger partial charge in [0.2, 0.25) is 0 Å². The van der Waals surface area contributed by atoms with Crippen LogP contribution in [0.1, 0.15) is 5.56 Å². The van der Waals surface area contributed by atoms with E-state index >= 15 is 0 Å². The number of hydrogen-bond donors (Lipinski definition) is 0. The fourth-order valence-electron chi connectivity index (χ4n) is 2.45. The lowest BCUT2D eigenvalue weighted by Gasteiger charge is -2.11. The van der Waals surface area contributed by atoms with Crippen molar-refractivity contribution in [2.75, 3.05) is 0 Å². The van der Waals surface area contributed by atoms with Gasteiger partial charge in [0.1, 0.15) is 17.1 Å². The molecule has 26 heavy (non-hydrogen) atoms. The summed E-state index contributed by atoms with van der Waals surface area (Å²) in [6.45, 7) is 0. The summed E-state index contributed by atoms with van der Waals surface area (Å²) in [5.41, 5.74) is -0.434. The van der Waals surface area contributed by atoms with E-state index in [1.54, 1.807) is 24.3 Å². The zero-order valence-corrected chi connectivity index (χ0v) is 13.2. The molecule has 132 valence electrons. The third-order valence-corrected chi connectivity index (χ3v) is 3.67. The minimum absolute atomic E-state index is 0.129. The van der Waals surface area contributed by atoms with Crippen molar-refractivity contribution >= 4 is 5.69 Å². The van der Waals surface area contributed by atoms with Gasteiger partial charge in [-0.25, -0.2) is 0 Å². The Morgan fingerprint density at radius 3 is 1.96 bits per heavy atom. The highest BCUT2D eigenvalue weighted by Crippen LogP contribution is 2.39. The standard InChI is InChI=1S/C19H12F3NO3/c20-19(21,22)17-12-16(10-11-18(17)23(24)25)26-15-8-6-14(7-9-15)13-4-2-1-3-5-13/h1-12H. The van der Waals surface area contributed by atoms with Crippen LogP contribution >= 0.6 is 0 Å². The van der Waals surface area contributed by atoms with E-state index in [-0.39, 0.29) is 5.75 Å². The van der Waals surface area contributed by atoms with E-state index < -0.39 is 22.4 Å². The van der Waals surface area contributed by atoms with E-state index in [0.717, 1.165) is 23.3 Å². The van der Waals surface area contributed by atoms with Gasteiger partial charge in [-0.3, -0.25) is 10.1 Å². The number of nitro benzene ring substituents is 1. The van der Waals surface area contributed by atoms with Gasteiger partial charge in [0.05, 0.1) is 4.92 Å². The average Bonchev–Trinajstić information content (AvgIpc) is 2.62. The smallest absolute Gasteiger partial charge is 0.423 e. The number of benzene rings is 3. The van der Waals surface area contributed by atoms with Crippen molar-refractivity contribution in [1.29, 1.82) is 0 Å². The normalized spacial score (nSPS) is 11.2. The summed E-state index contributed by atoms with van der Waals surface area (Å²) < 4.78 is 44.4. The highest BCUT2D eigenvalue weighted by Gasteiger charge is 2.38. The first kappa shape index (κ1) is 17.5. The number of nitrogens with zero attached hydrogens (tertiary/aromatic N) is 1. The number of halogens is 3. The largest absolute Gasteiger partial charge is 0.457 e. The van der Waals surface area contributed by atoms with Gasteiger partial charge < -0.3 is 4.74 Å². The van der Waals surface area contributed by atoms with E-state index in [1.807, 2.05) is 30.3 Å². The molecule has 4 nitrogen and oxygen atoms in total. The van der Waals surface area contributed by atoms with Crippen molar-refractivity contribution in [3.63, 3.8) is 0 Å². The van der Waals surface area contributed by atoms with Gasteiger partial charge in [0.25, 0.3) is 5.69 Å². The van der Waals surface area contributed by atoms with Crippen LogP contribution in [0.2, 0.25) is 0 Å². The number of ether oxygens (including phenoxy) is 1. The molecule has 7 heteroatoms. The fourth-order valence-corrected chi connectivity index (χ4v) is 2.45. The van der Waals surface area contributed by atoms with Gasteiger partial charge >= 0.3 is 6.18 Å². The molecule has 0 saturated carbocycles. The Morgan fingerprint density at radius 1 is 0.808 bits per heavy atom. The first-order valence-electron chi connectivity index (χ1n) is 7.53. The van der Waals surface area contributed by atoms with Gasteiger partial charge in [-0.15, -0.1) is 0 Å². The summed E-state index contributed by atoms with van der Waals surface area (Å²) in [7, 11) is 0. The van der Waals surface area contributed by atoms with Crippen LogP contribution in [0.3, 0.4) is 0 Å². The van der Waals surface area contributed by atoms with Crippen LogP contribution in [0.15, 0.2) is 72.8 Å². The minimum Gasteiger partial charge on any atom is -0.457 e. The summed E-state index contributed by atoms with van der Waals surface area (Å²) in [5.74, 6) is 0.196. The Balaban J connectivity index is 1.86. The lowest BCUT2D eigenvalue weighted by atomic mass is 10.1. The van der Waals surface area contributed by atoms with Gasteiger partial charge in [0, 0.05) is 6.07 Å². The van der Waals surface area contributed by atoms with E-state index in [0.29, 0.717) is 11.8 Å². The second kappa shape index (κ2) is 6.87. The molecule has 3 rings (SSSR count). The van der Waals surface area contributed by atoms with Crippen LogP contribution < -0.4 is 4.74 Å². The lowest BCUT2D eigenvalue weighted by molar-refractivity contribution is -0.388. The Kier molecular flexibility index (Phi) is 4.62. The molecule has 0 amide bonds. The Bertz CT molecular complexity index is 923. The Labute approximate surface area is 146 Å². The maximum absolute atomic E-state index is 13.0. The maximum atomic E-state index is 13.0. The quantitative estimate of drug-likeness (QED) is 0.419. The van der Waals surface area contributed by atoms with Gasteiger partial charge in [-0.05, 0) is 35.4 Å². The minimum atomic E-state index is -4.85. The Hall–Kier alpha value is -3.35. The molecule has 0 aliphatic heterocycles. The monoisotopic (exact) mass is 359 g/mol. The molecule has 0 heterocycles. The summed E-state index contributed by atoms with van der Waals surface area (Å²) in [6.07, 6.45) is -4.85. The molecule has 0 aliphatic rings. The third-order valence-electron chi connectivity index (χ3n) is 3.67. The van der Waals surface area contributed by atoms with Gasteiger partial charge in [-0.1, -0.05) is 42.5 Å². The van der Waals surface area contributed by atoms with E-state index in [1.165, 1.54) is 0 Å². The van der Waals surface area contributed by atoms with E-state index in [9.17, 15) is 23.3 Å². The summed E-state index contributed by atoms with van der Waals surface area (Å²) in [6, 6.07) is 18.9. The molecule has 0 aromatic heterocycles. The molecule has 0 atom stereocenters. The maximum Gasteiger partial charge on any atom is 0.423 e. The SMILES string of the molecule is O=[N+]([O-])c1ccc(Oc2ccc(-c3ccccc3)cc2)cc1C(F)(F)F. The molecular formula is C19H12F3NO3. The van der Waals surface area contributed by atoms with Crippen LogP contribution in [-0.2, 0) is 6.18 Å². The second-order valence-electron chi connectivity index (χ2n) is 5.43. The molecule has 0 bridgehead atoms. The zero-order chi connectivity index (χ0) is 18.7. The van der Waals surface area contributed by atoms with Gasteiger partial charge in [-0.2, -0.15) is 13.2 Å². The number of rotatable bonds is 4. The third kappa shape index (κ3) is 3.83. The molecule has 0 N–H and O–H groups in total. The summed E-state index contributed by atoms with van der Waals surface area (Å²) in [4.78, 5) is 9.71. The van der Waals surface area contributed by atoms with Gasteiger partial charge in [0.15, 0.2) is 0 Å². The van der Waals surface area contributed by atoms with Crippen molar-refractivity contribution in [2.45, 2.75) is 6.18 Å². The molecule has 0 spiro atoms. The molecular weight excluding hydrogens is 347 g/mol. The van der Waals surface area contributed by atoms with Crippen molar-refractivity contribution in [3.05, 3.63) is 88.5 Å². The lowest BCUT2D eigenvalue weighted by Crippen LogP contribution is -2.09. The van der Waals surface area contributed by atoms with E-state index in [4.69, 9.17) is 4.74 Å². The highest BCUT2D eigenvalue weighted by atomic mass is 19.4. The number of alkyl halides is 3. The first-order chi connectivity index (χ1) is 12.3. The van der Waals surface area contributed by atoms with Crippen molar-refractivity contribution < 1.29 is 22.8 Å². The molecule has 0 aliphatic carbocycles. The highest BCUT2D eigenvalue weighted by molar-refractivity contribution is 5.64. The second-order valence-corrected chi connectivity index (χ2v) is 5.43.